The molecule has 6 atom stereocenters. The maximum atomic E-state index is 12.7. The van der Waals surface area contributed by atoms with Gasteiger partial charge in [-0.2, -0.15) is 8.42 Å². The number of allylic oxidation sites excluding steroid dienone is 6. The Balaban J connectivity index is 2.48. The second-order valence-corrected chi connectivity index (χ2v) is 16.2. The summed E-state index contributed by atoms with van der Waals surface area (Å²) in [7, 11) is -4.60. The van der Waals surface area contributed by atoms with E-state index in [1.165, 1.54) is 57.8 Å². The molecular formula is C42H74O12S. The zero-order valence-corrected chi connectivity index (χ0v) is 34.6. The number of aliphatic hydroxyl groups is 3. The summed E-state index contributed by atoms with van der Waals surface area (Å²) in [6, 6.07) is 0. The third-order valence-electron chi connectivity index (χ3n) is 9.47. The van der Waals surface area contributed by atoms with Crippen molar-refractivity contribution in [3.8, 4) is 0 Å². The second-order valence-electron chi connectivity index (χ2n) is 14.7. The average molecular weight is 803 g/mol. The Labute approximate surface area is 331 Å². The van der Waals surface area contributed by atoms with E-state index in [1.807, 2.05) is 0 Å². The first-order valence-electron chi connectivity index (χ1n) is 21.0. The first kappa shape index (κ1) is 50.9. The highest BCUT2D eigenvalue weighted by molar-refractivity contribution is 7.85. The fraction of sp³-hybridized carbons (Fsp3) is 0.810. The molecule has 4 N–H and O–H groups in total. The zero-order valence-electron chi connectivity index (χ0n) is 33.8. The molecule has 13 heteroatoms. The van der Waals surface area contributed by atoms with E-state index >= 15 is 0 Å². The van der Waals surface area contributed by atoms with Gasteiger partial charge in [-0.1, -0.05) is 134 Å². The van der Waals surface area contributed by atoms with Gasteiger partial charge in [0.2, 0.25) is 0 Å². The van der Waals surface area contributed by atoms with E-state index in [1.54, 1.807) is 0 Å². The fourth-order valence-corrected chi connectivity index (χ4v) is 6.84. The molecule has 0 radical (unpaired) electrons. The minimum absolute atomic E-state index is 0.160. The molecule has 0 aromatic rings. The Hall–Kier alpha value is -2.13. The van der Waals surface area contributed by atoms with Gasteiger partial charge in [-0.15, -0.1) is 0 Å². The summed E-state index contributed by atoms with van der Waals surface area (Å²) >= 11 is 0. The molecule has 1 saturated heterocycles. The van der Waals surface area contributed by atoms with Crippen LogP contribution in [0.25, 0.3) is 0 Å². The van der Waals surface area contributed by atoms with Crippen molar-refractivity contribution in [2.75, 3.05) is 19.0 Å². The van der Waals surface area contributed by atoms with Crippen molar-refractivity contribution >= 4 is 22.1 Å². The SMILES string of the molecule is CCCCC/C=C/C/C=C/C/C=C/CCCCCCC(=O)OC[C@H](CO[C@H]1O[C@H](CS(=O)(=O)O)[C@@H](O)C(O)C1O)OC(=O)CCCCCCCCCCCC. The number of ether oxygens (including phenoxy) is 4. The van der Waals surface area contributed by atoms with Crippen LogP contribution in [0, 0.1) is 0 Å². The van der Waals surface area contributed by atoms with Crippen LogP contribution in [-0.2, 0) is 38.7 Å². The summed E-state index contributed by atoms with van der Waals surface area (Å²) in [4.78, 5) is 25.3. The van der Waals surface area contributed by atoms with Gasteiger partial charge in [0.15, 0.2) is 12.4 Å². The van der Waals surface area contributed by atoms with Crippen LogP contribution >= 0.6 is 0 Å². The lowest BCUT2D eigenvalue weighted by Gasteiger charge is -2.40. The fourth-order valence-electron chi connectivity index (χ4n) is 6.15. The Kier molecular flexibility index (Phi) is 30.4. The zero-order chi connectivity index (χ0) is 40.6. The third-order valence-corrected chi connectivity index (χ3v) is 10.2. The van der Waals surface area contributed by atoms with Crippen LogP contribution in [0.2, 0.25) is 0 Å². The molecule has 0 spiro atoms. The number of hydrogen-bond donors (Lipinski definition) is 4. The normalized spacial score (nSPS) is 21.2. The van der Waals surface area contributed by atoms with Crippen molar-refractivity contribution in [3.63, 3.8) is 0 Å². The predicted octanol–water partition coefficient (Wildman–Crippen LogP) is 7.83. The van der Waals surface area contributed by atoms with Gasteiger partial charge < -0.3 is 34.3 Å². The molecule has 0 saturated carbocycles. The molecule has 1 aliphatic rings. The molecule has 2 unspecified atom stereocenters. The molecular weight excluding hydrogens is 729 g/mol. The standard InChI is InChI=1S/C42H74O12S/c1-3-5-7-9-11-13-15-16-17-18-19-20-21-23-24-26-28-30-37(43)51-32-35(53-38(44)31-29-27-25-22-14-12-10-8-6-4-2)33-52-42-41(47)40(46)39(45)36(54-42)34-55(48,49)50/h11,13,16-17,19-20,35-36,39-42,45-47H,3-10,12,14-15,18,21-34H2,1-2H3,(H,48,49,50)/b13-11+,17-16+,20-19+/t35-,36-,39-,40?,41?,42+/m1/s1. The lowest BCUT2D eigenvalue weighted by Crippen LogP contribution is -2.60. The maximum absolute atomic E-state index is 12.7. The summed E-state index contributed by atoms with van der Waals surface area (Å²) in [5, 5.41) is 30.8. The Morgan fingerprint density at radius 1 is 0.618 bits per heavy atom. The van der Waals surface area contributed by atoms with Crippen LogP contribution < -0.4 is 0 Å². The third kappa shape index (κ3) is 28.0. The molecule has 0 aromatic heterocycles. The van der Waals surface area contributed by atoms with E-state index in [0.717, 1.165) is 64.2 Å². The molecule has 1 fully saturated rings. The highest BCUT2D eigenvalue weighted by Crippen LogP contribution is 2.24. The second kappa shape index (κ2) is 32.9. The molecule has 1 aliphatic heterocycles. The minimum atomic E-state index is -4.60. The van der Waals surface area contributed by atoms with Crippen LogP contribution in [0.5, 0.6) is 0 Å². The molecule has 0 amide bonds. The summed E-state index contributed by atoms with van der Waals surface area (Å²) in [5.74, 6) is -2.01. The number of esters is 2. The number of hydrogen-bond acceptors (Lipinski definition) is 11. The van der Waals surface area contributed by atoms with Crippen LogP contribution in [0.15, 0.2) is 36.5 Å². The molecule has 55 heavy (non-hydrogen) atoms. The highest BCUT2D eigenvalue weighted by atomic mass is 32.2. The van der Waals surface area contributed by atoms with Crippen LogP contribution in [0.4, 0.5) is 0 Å². The van der Waals surface area contributed by atoms with E-state index in [2.05, 4.69) is 50.3 Å². The lowest BCUT2D eigenvalue weighted by atomic mass is 10.00. The lowest BCUT2D eigenvalue weighted by molar-refractivity contribution is -0.297. The van der Waals surface area contributed by atoms with E-state index in [4.69, 9.17) is 18.9 Å². The van der Waals surface area contributed by atoms with Gasteiger partial charge in [0.1, 0.15) is 36.8 Å². The Morgan fingerprint density at radius 2 is 1.09 bits per heavy atom. The van der Waals surface area contributed by atoms with Crippen LogP contribution in [0.3, 0.4) is 0 Å². The number of unbranched alkanes of at least 4 members (excludes halogenated alkanes) is 16. The van der Waals surface area contributed by atoms with Gasteiger partial charge in [-0.3, -0.25) is 14.1 Å². The predicted molar refractivity (Wildman–Crippen MR) is 215 cm³/mol. The summed E-state index contributed by atoms with van der Waals surface area (Å²) in [5.41, 5.74) is 0. The highest BCUT2D eigenvalue weighted by Gasteiger charge is 2.46. The molecule has 0 aromatic carbocycles. The van der Waals surface area contributed by atoms with Crippen molar-refractivity contribution < 1.29 is 56.8 Å². The van der Waals surface area contributed by atoms with E-state index in [9.17, 15) is 37.9 Å². The Morgan fingerprint density at radius 3 is 1.65 bits per heavy atom. The van der Waals surface area contributed by atoms with Gasteiger partial charge in [0, 0.05) is 12.8 Å². The van der Waals surface area contributed by atoms with Gasteiger partial charge in [-0.05, 0) is 51.4 Å². The molecule has 1 rings (SSSR count). The van der Waals surface area contributed by atoms with Crippen LogP contribution in [0.1, 0.15) is 162 Å². The summed E-state index contributed by atoms with van der Waals surface area (Å²) < 4.78 is 53.9. The largest absolute Gasteiger partial charge is 0.462 e. The minimum Gasteiger partial charge on any atom is -0.462 e. The monoisotopic (exact) mass is 802 g/mol. The number of aliphatic hydroxyl groups excluding tert-OH is 3. The molecule has 0 aliphatic carbocycles. The van der Waals surface area contributed by atoms with Gasteiger partial charge in [-0.25, -0.2) is 0 Å². The summed E-state index contributed by atoms with van der Waals surface area (Å²) in [6.45, 7) is 3.68. The molecule has 0 bridgehead atoms. The smallest absolute Gasteiger partial charge is 0.306 e. The van der Waals surface area contributed by atoms with Crippen molar-refractivity contribution in [2.24, 2.45) is 0 Å². The topological polar surface area (TPSA) is 186 Å². The maximum Gasteiger partial charge on any atom is 0.306 e. The van der Waals surface area contributed by atoms with Crippen molar-refractivity contribution in [2.45, 2.75) is 198 Å². The van der Waals surface area contributed by atoms with Crippen molar-refractivity contribution in [1.29, 1.82) is 0 Å². The molecule has 12 nitrogen and oxygen atoms in total. The number of carbonyl (C=O) groups excluding carboxylic acids is 2. The first-order chi connectivity index (χ1) is 26.5. The average Bonchev–Trinajstić information content (AvgIpc) is 3.14. The first-order valence-corrected chi connectivity index (χ1v) is 22.7. The Bertz CT molecular complexity index is 1170. The number of rotatable bonds is 34. The molecule has 1 heterocycles. The van der Waals surface area contributed by atoms with Gasteiger partial charge in [0.05, 0.1) is 6.61 Å². The molecule has 320 valence electrons. The summed E-state index contributed by atoms with van der Waals surface area (Å²) in [6.07, 6.45) is 26.3. The van der Waals surface area contributed by atoms with E-state index in [-0.39, 0.29) is 19.4 Å². The number of carbonyl (C=O) groups is 2. The quantitative estimate of drug-likeness (QED) is 0.0214. The van der Waals surface area contributed by atoms with Crippen molar-refractivity contribution in [1.82, 2.24) is 0 Å². The van der Waals surface area contributed by atoms with E-state index in [0.29, 0.717) is 12.8 Å². The van der Waals surface area contributed by atoms with Gasteiger partial charge in [0.25, 0.3) is 10.1 Å². The van der Waals surface area contributed by atoms with Gasteiger partial charge >= 0.3 is 11.9 Å². The van der Waals surface area contributed by atoms with Crippen molar-refractivity contribution in [3.05, 3.63) is 36.5 Å². The van der Waals surface area contributed by atoms with E-state index < -0.39 is 71.2 Å². The van der Waals surface area contributed by atoms with Crippen LogP contribution in [-0.4, -0.2) is 96.0 Å².